The van der Waals surface area contributed by atoms with Crippen molar-refractivity contribution in [1.82, 2.24) is 4.98 Å². The summed E-state index contributed by atoms with van der Waals surface area (Å²) in [6.07, 6.45) is 1.54. The molecular weight excluding hydrogens is 130 g/mol. The van der Waals surface area contributed by atoms with Gasteiger partial charge in [-0.15, -0.1) is 0 Å². The zero-order valence-electron chi connectivity index (χ0n) is 5.13. The molecule has 0 saturated carbocycles. The smallest absolute Gasteiger partial charge is 0.250 e. The third kappa shape index (κ3) is 0.639. The molecule has 2 heterocycles. The number of rotatable bonds is 0. The predicted octanol–water partition coefficient (Wildman–Crippen LogP) is 1.12. The molecule has 3 nitrogen and oxygen atoms in total. The van der Waals surface area contributed by atoms with Crippen LogP contribution in [0.1, 0.15) is 0 Å². The van der Waals surface area contributed by atoms with Gasteiger partial charge >= 0.3 is 0 Å². The minimum absolute atomic E-state index is 0.137. The van der Waals surface area contributed by atoms with Gasteiger partial charge in [-0.25, -0.2) is 0 Å². The lowest BCUT2D eigenvalue weighted by molar-refractivity contribution is 0.602. The largest absolute Gasteiger partial charge is 0.448 e. The van der Waals surface area contributed by atoms with Crippen LogP contribution in [-0.2, 0) is 0 Å². The van der Waals surface area contributed by atoms with Gasteiger partial charge in [-0.2, -0.15) is 0 Å². The maximum Gasteiger partial charge on any atom is 0.250 e. The van der Waals surface area contributed by atoms with E-state index in [1.165, 1.54) is 6.07 Å². The van der Waals surface area contributed by atoms with Gasteiger partial charge in [-0.1, -0.05) is 0 Å². The van der Waals surface area contributed by atoms with Crippen LogP contribution in [0, 0.1) is 0 Å². The Morgan fingerprint density at radius 2 is 2.20 bits per heavy atom. The molecule has 50 valence electrons. The Kier molecular flexibility index (Phi) is 0.917. The van der Waals surface area contributed by atoms with Crippen LogP contribution >= 0.6 is 0 Å². The second-order valence-electron chi connectivity index (χ2n) is 2.03. The number of furan rings is 1. The van der Waals surface area contributed by atoms with Crippen LogP contribution in [0.4, 0.5) is 0 Å². The lowest BCUT2D eigenvalue weighted by atomic mass is 10.3. The molecule has 0 atom stereocenters. The Morgan fingerprint density at radius 3 is 3.10 bits per heavy atom. The first-order valence-electron chi connectivity index (χ1n) is 2.93. The van der Waals surface area contributed by atoms with Gasteiger partial charge in [-0.3, -0.25) is 9.78 Å². The molecule has 2 rings (SSSR count). The fourth-order valence-corrected chi connectivity index (χ4v) is 0.871. The van der Waals surface area contributed by atoms with E-state index in [1.807, 2.05) is 0 Å². The topological polar surface area (TPSA) is 46.0 Å². The van der Waals surface area contributed by atoms with Crippen LogP contribution in [0.2, 0.25) is 0 Å². The van der Waals surface area contributed by atoms with Crippen LogP contribution in [-0.4, -0.2) is 4.98 Å². The van der Waals surface area contributed by atoms with Gasteiger partial charge < -0.3 is 4.42 Å². The van der Waals surface area contributed by atoms with Gasteiger partial charge in [0, 0.05) is 11.5 Å². The molecule has 0 spiro atoms. The number of aromatic amines is 1. The highest BCUT2D eigenvalue weighted by Crippen LogP contribution is 2.07. The molecule has 0 saturated heterocycles. The average molecular weight is 135 g/mol. The molecule has 0 bridgehead atoms. The molecule has 0 aliphatic carbocycles. The summed E-state index contributed by atoms with van der Waals surface area (Å²) in [6, 6.07) is 4.99. The molecule has 3 heteroatoms. The number of hydrogen-bond acceptors (Lipinski definition) is 2. The average Bonchev–Trinajstić information content (AvgIpc) is 2.33. The van der Waals surface area contributed by atoms with Crippen LogP contribution < -0.4 is 5.56 Å². The van der Waals surface area contributed by atoms with Crippen LogP contribution in [0.25, 0.3) is 11.1 Å². The predicted molar refractivity (Wildman–Crippen MR) is 36.8 cm³/mol. The third-order valence-electron chi connectivity index (χ3n) is 1.35. The Balaban J connectivity index is 2.99. The SMILES string of the molecule is O=c1ccc2ccoc2[nH]1. The van der Waals surface area contributed by atoms with E-state index in [1.54, 1.807) is 18.4 Å². The quantitative estimate of drug-likeness (QED) is 0.588. The number of pyridine rings is 1. The molecule has 10 heavy (non-hydrogen) atoms. The zero-order valence-corrected chi connectivity index (χ0v) is 5.13. The van der Waals surface area contributed by atoms with E-state index >= 15 is 0 Å². The number of H-pyrrole nitrogens is 1. The van der Waals surface area contributed by atoms with E-state index in [9.17, 15) is 4.79 Å². The summed E-state index contributed by atoms with van der Waals surface area (Å²) < 4.78 is 4.94. The first kappa shape index (κ1) is 5.29. The minimum atomic E-state index is -0.137. The van der Waals surface area contributed by atoms with E-state index < -0.39 is 0 Å². The fourth-order valence-electron chi connectivity index (χ4n) is 0.871. The van der Waals surface area contributed by atoms with Gasteiger partial charge in [-0.05, 0) is 12.1 Å². The zero-order chi connectivity index (χ0) is 6.97. The van der Waals surface area contributed by atoms with Gasteiger partial charge in [0.25, 0.3) is 5.56 Å². The lowest BCUT2D eigenvalue weighted by Gasteiger charge is -1.82. The maximum atomic E-state index is 10.7. The number of aromatic nitrogens is 1. The first-order valence-corrected chi connectivity index (χ1v) is 2.93. The van der Waals surface area contributed by atoms with Crippen molar-refractivity contribution in [3.8, 4) is 0 Å². The highest BCUT2D eigenvalue weighted by molar-refractivity contribution is 5.72. The maximum absolute atomic E-state index is 10.7. The first-order chi connectivity index (χ1) is 4.86. The number of nitrogens with one attached hydrogen (secondary N) is 1. The summed E-state index contributed by atoms with van der Waals surface area (Å²) in [5.74, 6) is 0. The van der Waals surface area contributed by atoms with E-state index in [4.69, 9.17) is 4.42 Å². The molecule has 2 aromatic rings. The highest BCUT2D eigenvalue weighted by atomic mass is 16.3. The van der Waals surface area contributed by atoms with Crippen molar-refractivity contribution in [3.05, 3.63) is 34.8 Å². The number of fused-ring (bicyclic) bond motifs is 1. The molecule has 0 radical (unpaired) electrons. The summed E-state index contributed by atoms with van der Waals surface area (Å²) in [4.78, 5) is 13.2. The Hall–Kier alpha value is -1.51. The van der Waals surface area contributed by atoms with E-state index in [0.29, 0.717) is 5.71 Å². The third-order valence-corrected chi connectivity index (χ3v) is 1.35. The molecule has 0 aliphatic rings. The minimum Gasteiger partial charge on any atom is -0.448 e. The van der Waals surface area contributed by atoms with Gasteiger partial charge in [0.15, 0.2) is 0 Å². The molecule has 0 aliphatic heterocycles. The normalized spacial score (nSPS) is 10.4. The summed E-state index contributed by atoms with van der Waals surface area (Å²) in [5.41, 5.74) is 0.398. The highest BCUT2D eigenvalue weighted by Gasteiger charge is 1.93. The monoisotopic (exact) mass is 135 g/mol. The standard InChI is InChI=1S/C7H5NO2/c9-6-2-1-5-3-4-10-7(5)8-6/h1-4H,(H,8,9). The Morgan fingerprint density at radius 1 is 1.30 bits per heavy atom. The van der Waals surface area contributed by atoms with Gasteiger partial charge in [0.1, 0.15) is 0 Å². The summed E-state index contributed by atoms with van der Waals surface area (Å²) in [5, 5.41) is 0.916. The van der Waals surface area contributed by atoms with Crippen molar-refractivity contribution in [2.75, 3.05) is 0 Å². The van der Waals surface area contributed by atoms with Gasteiger partial charge in [0.2, 0.25) is 5.71 Å². The Labute approximate surface area is 56.3 Å². The number of hydrogen-bond donors (Lipinski definition) is 1. The molecule has 0 aromatic carbocycles. The molecular formula is C7H5NO2. The molecule has 2 aromatic heterocycles. The molecule has 0 amide bonds. The van der Waals surface area contributed by atoms with Crippen molar-refractivity contribution in [1.29, 1.82) is 0 Å². The van der Waals surface area contributed by atoms with Gasteiger partial charge in [0.05, 0.1) is 6.26 Å². The molecule has 0 unspecified atom stereocenters. The summed E-state index contributed by atoms with van der Waals surface area (Å²) in [6.45, 7) is 0. The van der Waals surface area contributed by atoms with E-state index in [0.717, 1.165) is 5.39 Å². The summed E-state index contributed by atoms with van der Waals surface area (Å²) in [7, 11) is 0. The lowest BCUT2D eigenvalue weighted by Crippen LogP contribution is -2.00. The van der Waals surface area contributed by atoms with Crippen molar-refractivity contribution in [3.63, 3.8) is 0 Å². The fraction of sp³-hybridized carbons (Fsp3) is 0. The van der Waals surface area contributed by atoms with Crippen molar-refractivity contribution in [2.45, 2.75) is 0 Å². The van der Waals surface area contributed by atoms with Crippen LogP contribution in [0.5, 0.6) is 0 Å². The second-order valence-corrected chi connectivity index (χ2v) is 2.03. The van der Waals surface area contributed by atoms with Crippen molar-refractivity contribution >= 4 is 11.1 Å². The van der Waals surface area contributed by atoms with E-state index in [2.05, 4.69) is 4.98 Å². The van der Waals surface area contributed by atoms with Crippen molar-refractivity contribution < 1.29 is 4.42 Å². The van der Waals surface area contributed by atoms with E-state index in [-0.39, 0.29) is 5.56 Å². The molecule has 1 N–H and O–H groups in total. The van der Waals surface area contributed by atoms with Crippen LogP contribution in [0.3, 0.4) is 0 Å². The van der Waals surface area contributed by atoms with Crippen LogP contribution in [0.15, 0.2) is 33.7 Å². The Bertz CT molecular complexity index is 399. The molecule has 0 fully saturated rings. The summed E-state index contributed by atoms with van der Waals surface area (Å²) >= 11 is 0. The van der Waals surface area contributed by atoms with Crippen molar-refractivity contribution in [2.24, 2.45) is 0 Å². The second kappa shape index (κ2) is 1.73.